The van der Waals surface area contributed by atoms with E-state index in [-0.39, 0.29) is 0 Å². The zero-order valence-corrected chi connectivity index (χ0v) is 15.4. The second-order valence-electron chi connectivity index (χ2n) is 6.97. The van der Waals surface area contributed by atoms with E-state index in [4.69, 9.17) is 4.74 Å². The lowest BCUT2D eigenvalue weighted by Crippen LogP contribution is -2.44. The topological polar surface area (TPSA) is 15.7 Å². The van der Waals surface area contributed by atoms with Crippen molar-refractivity contribution in [3.05, 3.63) is 65.7 Å². The maximum Gasteiger partial charge on any atom is 0.122 e. The van der Waals surface area contributed by atoms with Gasteiger partial charge in [-0.3, -0.25) is 0 Å². The molecule has 0 aliphatic carbocycles. The lowest BCUT2D eigenvalue weighted by Gasteiger charge is -2.32. The highest BCUT2D eigenvalue weighted by molar-refractivity contribution is 5.37. The first-order valence-corrected chi connectivity index (χ1v) is 9.47. The van der Waals surface area contributed by atoms with E-state index in [1.807, 2.05) is 0 Å². The third-order valence-corrected chi connectivity index (χ3v) is 4.93. The molecular weight excluding hydrogens is 308 g/mol. The summed E-state index contributed by atoms with van der Waals surface area (Å²) in [7, 11) is 2.21. The van der Waals surface area contributed by atoms with E-state index in [0.29, 0.717) is 0 Å². The molecule has 2 aromatic carbocycles. The summed E-state index contributed by atoms with van der Waals surface area (Å²) in [6.07, 6.45) is 3.26. The van der Waals surface area contributed by atoms with Crippen LogP contribution in [0.15, 0.2) is 54.6 Å². The van der Waals surface area contributed by atoms with Gasteiger partial charge >= 0.3 is 0 Å². The maximum atomic E-state index is 6.09. The van der Waals surface area contributed by atoms with Crippen molar-refractivity contribution >= 4 is 0 Å². The number of unbranched alkanes of at least 4 members (excludes halogenated alkanes) is 1. The van der Waals surface area contributed by atoms with Gasteiger partial charge in [0.2, 0.25) is 0 Å². The van der Waals surface area contributed by atoms with Gasteiger partial charge in [0.25, 0.3) is 0 Å². The smallest absolute Gasteiger partial charge is 0.122 e. The number of piperazine rings is 1. The normalized spacial score (nSPS) is 16.0. The number of nitrogens with zero attached hydrogens (tertiary/aromatic N) is 2. The Morgan fingerprint density at radius 2 is 1.56 bits per heavy atom. The summed E-state index contributed by atoms with van der Waals surface area (Å²) >= 11 is 0. The summed E-state index contributed by atoms with van der Waals surface area (Å²) in [5.41, 5.74) is 2.60. The quantitative estimate of drug-likeness (QED) is 0.683. The van der Waals surface area contributed by atoms with Gasteiger partial charge in [0.15, 0.2) is 0 Å². The van der Waals surface area contributed by atoms with E-state index in [1.54, 1.807) is 0 Å². The minimum Gasteiger partial charge on any atom is -0.493 e. The largest absolute Gasteiger partial charge is 0.493 e. The number of hydrogen-bond donors (Lipinski definition) is 0. The fourth-order valence-electron chi connectivity index (χ4n) is 3.30. The Hall–Kier alpha value is -1.84. The monoisotopic (exact) mass is 338 g/mol. The fourth-order valence-corrected chi connectivity index (χ4v) is 3.30. The number of likely N-dealkylation sites (N-methyl/N-ethyl adjacent to an activating group) is 1. The first-order chi connectivity index (χ1) is 12.3. The number of rotatable bonds is 8. The van der Waals surface area contributed by atoms with Gasteiger partial charge < -0.3 is 14.5 Å². The molecular formula is C22H30N2O. The van der Waals surface area contributed by atoms with Crippen molar-refractivity contribution in [3.8, 4) is 5.75 Å². The van der Waals surface area contributed by atoms with E-state index in [0.717, 1.165) is 25.2 Å². The van der Waals surface area contributed by atoms with Crippen LogP contribution in [0, 0.1) is 0 Å². The van der Waals surface area contributed by atoms with Crippen LogP contribution in [-0.4, -0.2) is 56.2 Å². The molecule has 1 heterocycles. The Labute approximate surface area is 152 Å². The van der Waals surface area contributed by atoms with Crippen LogP contribution in [0.2, 0.25) is 0 Å². The van der Waals surface area contributed by atoms with E-state index in [2.05, 4.69) is 71.4 Å². The van der Waals surface area contributed by atoms with Crippen LogP contribution in [0.25, 0.3) is 0 Å². The van der Waals surface area contributed by atoms with Crippen LogP contribution in [0.1, 0.15) is 24.0 Å². The SMILES string of the molecule is CN1CCN(CCCCOc2ccccc2Cc2ccccc2)CC1. The van der Waals surface area contributed by atoms with Gasteiger partial charge in [-0.2, -0.15) is 0 Å². The molecule has 0 amide bonds. The lowest BCUT2D eigenvalue weighted by molar-refractivity contribution is 0.150. The minimum absolute atomic E-state index is 0.805. The molecule has 1 fully saturated rings. The van der Waals surface area contributed by atoms with Crippen molar-refractivity contribution in [1.29, 1.82) is 0 Å². The Kier molecular flexibility index (Phi) is 6.89. The fraction of sp³-hybridized carbons (Fsp3) is 0.455. The first-order valence-electron chi connectivity index (χ1n) is 9.47. The summed E-state index contributed by atoms with van der Waals surface area (Å²) < 4.78 is 6.09. The molecule has 1 aliphatic heterocycles. The van der Waals surface area contributed by atoms with Crippen LogP contribution >= 0.6 is 0 Å². The third kappa shape index (κ3) is 5.87. The van der Waals surface area contributed by atoms with Crippen LogP contribution < -0.4 is 4.74 Å². The molecule has 0 saturated carbocycles. The summed E-state index contributed by atoms with van der Waals surface area (Å²) in [6, 6.07) is 19.0. The molecule has 0 radical (unpaired) electrons. The molecule has 0 atom stereocenters. The van der Waals surface area contributed by atoms with Gasteiger partial charge in [0, 0.05) is 32.6 Å². The molecule has 3 heteroatoms. The zero-order chi connectivity index (χ0) is 17.3. The lowest BCUT2D eigenvalue weighted by atomic mass is 10.0. The molecule has 0 aromatic heterocycles. The predicted octanol–water partition coefficient (Wildman–Crippen LogP) is 3.68. The summed E-state index contributed by atoms with van der Waals surface area (Å²) in [6.45, 7) is 6.81. The van der Waals surface area contributed by atoms with Gasteiger partial charge in [-0.1, -0.05) is 48.5 Å². The van der Waals surface area contributed by atoms with Crippen molar-refractivity contribution in [3.63, 3.8) is 0 Å². The molecule has 3 nitrogen and oxygen atoms in total. The van der Waals surface area contributed by atoms with Gasteiger partial charge in [0.1, 0.15) is 5.75 Å². The Morgan fingerprint density at radius 3 is 2.36 bits per heavy atom. The molecule has 0 N–H and O–H groups in total. The number of hydrogen-bond acceptors (Lipinski definition) is 3. The molecule has 2 aromatic rings. The Balaban J connectivity index is 1.41. The zero-order valence-electron chi connectivity index (χ0n) is 15.4. The van der Waals surface area contributed by atoms with Gasteiger partial charge in [0.05, 0.1) is 6.61 Å². The third-order valence-electron chi connectivity index (χ3n) is 4.93. The summed E-state index contributed by atoms with van der Waals surface area (Å²) in [4.78, 5) is 4.98. The van der Waals surface area contributed by atoms with E-state index < -0.39 is 0 Å². The second kappa shape index (κ2) is 9.59. The standard InChI is InChI=1S/C22H30N2O/c1-23-14-16-24(17-15-23)13-7-8-18-25-22-12-6-5-11-21(22)19-20-9-3-2-4-10-20/h2-6,9-12H,7-8,13-19H2,1H3. The highest BCUT2D eigenvalue weighted by Gasteiger charge is 2.12. The highest BCUT2D eigenvalue weighted by Crippen LogP contribution is 2.21. The van der Waals surface area contributed by atoms with Crippen molar-refractivity contribution < 1.29 is 4.74 Å². The molecule has 0 unspecified atom stereocenters. The molecule has 0 bridgehead atoms. The van der Waals surface area contributed by atoms with E-state index in [9.17, 15) is 0 Å². The van der Waals surface area contributed by atoms with Crippen molar-refractivity contribution in [2.45, 2.75) is 19.3 Å². The molecule has 3 rings (SSSR count). The summed E-state index contributed by atoms with van der Waals surface area (Å²) in [5, 5.41) is 0. The van der Waals surface area contributed by atoms with Crippen LogP contribution in [0.5, 0.6) is 5.75 Å². The van der Waals surface area contributed by atoms with Crippen molar-refractivity contribution in [2.75, 3.05) is 46.4 Å². The maximum absolute atomic E-state index is 6.09. The first kappa shape index (κ1) is 18.0. The number of benzene rings is 2. The van der Waals surface area contributed by atoms with E-state index >= 15 is 0 Å². The number of para-hydroxylation sites is 1. The van der Waals surface area contributed by atoms with Crippen molar-refractivity contribution in [1.82, 2.24) is 9.80 Å². The average molecular weight is 338 g/mol. The van der Waals surface area contributed by atoms with Crippen LogP contribution in [0.3, 0.4) is 0 Å². The van der Waals surface area contributed by atoms with Crippen molar-refractivity contribution in [2.24, 2.45) is 0 Å². The van der Waals surface area contributed by atoms with Gasteiger partial charge in [-0.15, -0.1) is 0 Å². The molecule has 1 aliphatic rings. The molecule has 25 heavy (non-hydrogen) atoms. The molecule has 1 saturated heterocycles. The van der Waals surface area contributed by atoms with Crippen LogP contribution in [-0.2, 0) is 6.42 Å². The number of ether oxygens (including phenoxy) is 1. The average Bonchev–Trinajstić information content (AvgIpc) is 2.65. The Morgan fingerprint density at radius 1 is 0.840 bits per heavy atom. The predicted molar refractivity (Wildman–Crippen MR) is 104 cm³/mol. The molecule has 134 valence electrons. The van der Waals surface area contributed by atoms with Crippen LogP contribution in [0.4, 0.5) is 0 Å². The van der Waals surface area contributed by atoms with E-state index in [1.165, 1.54) is 50.3 Å². The minimum atomic E-state index is 0.805. The van der Waals surface area contributed by atoms with Gasteiger partial charge in [-0.25, -0.2) is 0 Å². The Bertz CT molecular complexity index is 621. The second-order valence-corrected chi connectivity index (χ2v) is 6.97. The molecule has 0 spiro atoms. The summed E-state index contributed by atoms with van der Waals surface area (Å²) in [5.74, 6) is 1.03. The highest BCUT2D eigenvalue weighted by atomic mass is 16.5. The van der Waals surface area contributed by atoms with Gasteiger partial charge in [-0.05, 0) is 43.6 Å².